The number of hydrogen-bond acceptors (Lipinski definition) is 3. The predicted octanol–water partition coefficient (Wildman–Crippen LogP) is 1.53. The van der Waals surface area contributed by atoms with Gasteiger partial charge in [-0.3, -0.25) is 9.59 Å². The van der Waals surface area contributed by atoms with E-state index in [-0.39, 0.29) is 11.5 Å². The van der Waals surface area contributed by atoms with Crippen molar-refractivity contribution in [1.82, 2.24) is 10.3 Å². The molecule has 21 heavy (non-hydrogen) atoms. The second-order valence-corrected chi connectivity index (χ2v) is 5.05. The molecule has 5 nitrogen and oxygen atoms in total. The van der Waals surface area contributed by atoms with Gasteiger partial charge in [-0.15, -0.1) is 0 Å². The number of fused-ring (bicyclic) bond motifs is 1. The lowest BCUT2D eigenvalue weighted by molar-refractivity contribution is -0.121. The number of nitrogens with one attached hydrogen (secondary N) is 2. The second kappa shape index (κ2) is 7.04. The SMILES string of the molecule is COCCNC(=O)CCc1ccc2[nH]c(=O)c(C)cc2c1. The molecular formula is C16H20N2O3. The van der Waals surface area contributed by atoms with Crippen LogP contribution in [0.4, 0.5) is 0 Å². The number of hydrogen-bond donors (Lipinski definition) is 2. The highest BCUT2D eigenvalue weighted by atomic mass is 16.5. The number of carbonyl (C=O) groups excluding carboxylic acids is 1. The van der Waals surface area contributed by atoms with Gasteiger partial charge in [-0.1, -0.05) is 6.07 Å². The summed E-state index contributed by atoms with van der Waals surface area (Å²) in [5.41, 5.74) is 2.53. The Morgan fingerprint density at radius 2 is 2.14 bits per heavy atom. The van der Waals surface area contributed by atoms with Crippen molar-refractivity contribution in [3.05, 3.63) is 45.7 Å². The maximum atomic E-state index is 11.6. The molecule has 2 aromatic rings. The van der Waals surface area contributed by atoms with Crippen molar-refractivity contribution in [3.8, 4) is 0 Å². The quantitative estimate of drug-likeness (QED) is 0.792. The summed E-state index contributed by atoms with van der Waals surface area (Å²) in [4.78, 5) is 26.0. The number of rotatable bonds is 6. The summed E-state index contributed by atoms with van der Waals surface area (Å²) in [6.07, 6.45) is 1.12. The van der Waals surface area contributed by atoms with Gasteiger partial charge in [0.15, 0.2) is 0 Å². The fourth-order valence-corrected chi connectivity index (χ4v) is 2.16. The average molecular weight is 288 g/mol. The Kier molecular flexibility index (Phi) is 5.11. The number of H-pyrrole nitrogens is 1. The molecule has 0 atom stereocenters. The zero-order valence-electron chi connectivity index (χ0n) is 12.4. The van der Waals surface area contributed by atoms with Crippen LogP contribution in [0.3, 0.4) is 0 Å². The molecule has 1 aromatic heterocycles. The molecule has 0 aliphatic carbocycles. The molecule has 1 aromatic carbocycles. The first-order valence-corrected chi connectivity index (χ1v) is 6.98. The fourth-order valence-electron chi connectivity index (χ4n) is 2.16. The van der Waals surface area contributed by atoms with Gasteiger partial charge in [0.25, 0.3) is 5.56 Å². The van der Waals surface area contributed by atoms with Gasteiger partial charge in [-0.2, -0.15) is 0 Å². The number of aromatic amines is 1. The number of carbonyl (C=O) groups is 1. The zero-order valence-corrected chi connectivity index (χ0v) is 12.4. The molecule has 0 saturated heterocycles. The van der Waals surface area contributed by atoms with Crippen molar-refractivity contribution in [2.45, 2.75) is 19.8 Å². The Hall–Kier alpha value is -2.14. The molecule has 0 aliphatic rings. The number of ether oxygens (including phenoxy) is 1. The normalized spacial score (nSPS) is 10.8. The molecule has 1 amide bonds. The van der Waals surface area contributed by atoms with E-state index < -0.39 is 0 Å². The first kappa shape index (κ1) is 15.3. The minimum Gasteiger partial charge on any atom is -0.383 e. The van der Waals surface area contributed by atoms with Gasteiger partial charge in [0, 0.05) is 31.2 Å². The van der Waals surface area contributed by atoms with Gasteiger partial charge in [-0.05, 0) is 42.5 Å². The third-order valence-corrected chi connectivity index (χ3v) is 3.36. The van der Waals surface area contributed by atoms with Crippen LogP contribution in [0.25, 0.3) is 10.9 Å². The van der Waals surface area contributed by atoms with Gasteiger partial charge in [0.1, 0.15) is 0 Å². The number of aryl methyl sites for hydroxylation is 2. The fraction of sp³-hybridized carbons (Fsp3) is 0.375. The van der Waals surface area contributed by atoms with E-state index >= 15 is 0 Å². The summed E-state index contributed by atoms with van der Waals surface area (Å²) in [6.45, 7) is 2.84. The van der Waals surface area contributed by atoms with E-state index in [1.54, 1.807) is 14.0 Å². The van der Waals surface area contributed by atoms with E-state index in [9.17, 15) is 9.59 Å². The summed E-state index contributed by atoms with van der Waals surface area (Å²) in [7, 11) is 1.60. The van der Waals surface area contributed by atoms with Crippen molar-refractivity contribution in [1.29, 1.82) is 0 Å². The van der Waals surface area contributed by atoms with Crippen molar-refractivity contribution in [2.75, 3.05) is 20.3 Å². The highest BCUT2D eigenvalue weighted by molar-refractivity contribution is 5.80. The molecule has 0 radical (unpaired) electrons. The van der Waals surface area contributed by atoms with Crippen LogP contribution in [-0.4, -0.2) is 31.2 Å². The molecule has 2 rings (SSSR count). The molecule has 0 saturated carbocycles. The Morgan fingerprint density at radius 3 is 2.90 bits per heavy atom. The van der Waals surface area contributed by atoms with Crippen LogP contribution in [0.5, 0.6) is 0 Å². The van der Waals surface area contributed by atoms with Gasteiger partial charge < -0.3 is 15.0 Å². The van der Waals surface area contributed by atoms with E-state index in [2.05, 4.69) is 10.3 Å². The van der Waals surface area contributed by atoms with Crippen LogP contribution in [0.2, 0.25) is 0 Å². The topological polar surface area (TPSA) is 71.2 Å². The van der Waals surface area contributed by atoms with E-state index in [1.807, 2.05) is 24.3 Å². The van der Waals surface area contributed by atoms with Crippen molar-refractivity contribution in [2.24, 2.45) is 0 Å². The van der Waals surface area contributed by atoms with Gasteiger partial charge in [0.05, 0.1) is 6.61 Å². The predicted molar refractivity (Wildman–Crippen MR) is 82.5 cm³/mol. The second-order valence-electron chi connectivity index (χ2n) is 5.05. The Bertz CT molecular complexity index is 691. The van der Waals surface area contributed by atoms with Crippen molar-refractivity contribution in [3.63, 3.8) is 0 Å². The van der Waals surface area contributed by atoms with Crippen LogP contribution < -0.4 is 10.9 Å². The molecule has 112 valence electrons. The van der Waals surface area contributed by atoms with E-state index in [0.29, 0.717) is 31.6 Å². The Balaban J connectivity index is 2.01. The number of pyridine rings is 1. The summed E-state index contributed by atoms with van der Waals surface area (Å²) < 4.78 is 4.88. The third-order valence-electron chi connectivity index (χ3n) is 3.36. The highest BCUT2D eigenvalue weighted by Gasteiger charge is 2.04. The summed E-state index contributed by atoms with van der Waals surface area (Å²) in [6, 6.07) is 7.71. The lowest BCUT2D eigenvalue weighted by Crippen LogP contribution is -2.27. The minimum atomic E-state index is -0.0622. The van der Waals surface area contributed by atoms with E-state index in [1.165, 1.54) is 0 Å². The molecule has 0 spiro atoms. The van der Waals surface area contributed by atoms with Crippen LogP contribution in [0.1, 0.15) is 17.5 Å². The zero-order chi connectivity index (χ0) is 15.2. The van der Waals surface area contributed by atoms with Crippen molar-refractivity contribution < 1.29 is 9.53 Å². The number of methoxy groups -OCH3 is 1. The van der Waals surface area contributed by atoms with Gasteiger partial charge >= 0.3 is 0 Å². The molecule has 1 heterocycles. The largest absolute Gasteiger partial charge is 0.383 e. The molecule has 2 N–H and O–H groups in total. The maximum Gasteiger partial charge on any atom is 0.251 e. The van der Waals surface area contributed by atoms with Crippen LogP contribution in [0, 0.1) is 6.92 Å². The standard InChI is InChI=1S/C16H20N2O3/c1-11-9-13-10-12(3-5-14(13)18-16(11)20)4-6-15(19)17-7-8-21-2/h3,5,9-10H,4,6-8H2,1-2H3,(H,17,19)(H,18,20). The van der Waals surface area contributed by atoms with Crippen molar-refractivity contribution >= 4 is 16.8 Å². The van der Waals surface area contributed by atoms with Crippen LogP contribution >= 0.6 is 0 Å². The van der Waals surface area contributed by atoms with Gasteiger partial charge in [0.2, 0.25) is 5.91 Å². The molecular weight excluding hydrogens is 268 g/mol. The summed E-state index contributed by atoms with van der Waals surface area (Å²) in [5.74, 6) is 0.0183. The summed E-state index contributed by atoms with van der Waals surface area (Å²) >= 11 is 0. The first-order chi connectivity index (χ1) is 10.1. The van der Waals surface area contributed by atoms with E-state index in [0.717, 1.165) is 16.5 Å². The lowest BCUT2D eigenvalue weighted by atomic mass is 10.1. The molecule has 0 fully saturated rings. The smallest absolute Gasteiger partial charge is 0.251 e. The average Bonchev–Trinajstić information content (AvgIpc) is 2.46. The van der Waals surface area contributed by atoms with Crippen LogP contribution in [0.15, 0.2) is 29.1 Å². The maximum absolute atomic E-state index is 11.6. The van der Waals surface area contributed by atoms with Crippen LogP contribution in [-0.2, 0) is 16.0 Å². The Labute approximate surface area is 123 Å². The molecule has 0 unspecified atom stereocenters. The molecule has 0 aliphatic heterocycles. The molecule has 0 bridgehead atoms. The summed E-state index contributed by atoms with van der Waals surface area (Å²) in [5, 5.41) is 3.79. The number of aromatic nitrogens is 1. The first-order valence-electron chi connectivity index (χ1n) is 6.98. The lowest BCUT2D eigenvalue weighted by Gasteiger charge is -2.06. The number of benzene rings is 1. The van der Waals surface area contributed by atoms with Gasteiger partial charge in [-0.25, -0.2) is 0 Å². The highest BCUT2D eigenvalue weighted by Crippen LogP contribution is 2.14. The Morgan fingerprint density at radius 1 is 1.33 bits per heavy atom. The third kappa shape index (κ3) is 4.16. The monoisotopic (exact) mass is 288 g/mol. The minimum absolute atomic E-state index is 0.0183. The number of amides is 1. The molecule has 5 heteroatoms. The van der Waals surface area contributed by atoms with E-state index in [4.69, 9.17) is 4.74 Å².